The normalized spacial score (nSPS) is 42.2. The molecule has 3 heteroatoms. The zero-order valence-corrected chi connectivity index (χ0v) is 13.2. The van der Waals surface area contributed by atoms with E-state index < -0.39 is 0 Å². The van der Waals surface area contributed by atoms with Crippen LogP contribution >= 0.6 is 0 Å². The molecule has 1 spiro atoms. The zero-order chi connectivity index (χ0) is 14.9. The standard InChI is InChI=1S/C20H19N3/c1-23-18-12(3-2-6-21-18)13-4-5-16(22-19(13)23)17-14-8-10-7-11-9-15(17)20(10,11)14/h2-6,10-11,14-15,17H,7-9H2,1H3. The van der Waals surface area contributed by atoms with Crippen molar-refractivity contribution < 1.29 is 0 Å². The Morgan fingerprint density at radius 2 is 1.78 bits per heavy atom. The van der Waals surface area contributed by atoms with E-state index in [4.69, 9.17) is 4.98 Å². The molecular formula is C20H19N3. The van der Waals surface area contributed by atoms with Crippen LogP contribution in [0.4, 0.5) is 0 Å². The van der Waals surface area contributed by atoms with Gasteiger partial charge in [0.25, 0.3) is 0 Å². The third-order valence-electron chi connectivity index (χ3n) is 8.16. The Kier molecular flexibility index (Phi) is 1.67. The first kappa shape index (κ1) is 11.6. The summed E-state index contributed by atoms with van der Waals surface area (Å²) in [7, 11) is 2.10. The molecule has 4 saturated carbocycles. The Balaban J connectivity index is 1.40. The largest absolute Gasteiger partial charge is 0.313 e. The molecule has 4 atom stereocenters. The molecule has 0 aromatic carbocycles. The number of aromatic nitrogens is 3. The van der Waals surface area contributed by atoms with Crippen LogP contribution in [0, 0.1) is 29.1 Å². The number of aryl methyl sites for hydroxylation is 1. The van der Waals surface area contributed by atoms with Crippen LogP contribution in [-0.2, 0) is 7.05 Å². The van der Waals surface area contributed by atoms with E-state index in [9.17, 15) is 0 Å². The van der Waals surface area contributed by atoms with Crippen molar-refractivity contribution in [3.8, 4) is 0 Å². The SMILES string of the molecule is Cn1c2ncccc2c2ccc(C3C4CC5CC6CC3C564)nc21. The summed E-state index contributed by atoms with van der Waals surface area (Å²) in [6.45, 7) is 0. The van der Waals surface area contributed by atoms with Crippen molar-refractivity contribution in [2.24, 2.45) is 36.1 Å². The molecule has 3 aromatic heterocycles. The molecule has 4 aliphatic carbocycles. The van der Waals surface area contributed by atoms with Crippen molar-refractivity contribution in [3.63, 3.8) is 0 Å². The molecule has 0 saturated heterocycles. The van der Waals surface area contributed by atoms with Crippen molar-refractivity contribution >= 4 is 22.1 Å². The topological polar surface area (TPSA) is 30.7 Å². The minimum Gasteiger partial charge on any atom is -0.313 e. The van der Waals surface area contributed by atoms with Gasteiger partial charge in [0.1, 0.15) is 11.3 Å². The summed E-state index contributed by atoms with van der Waals surface area (Å²) in [6.07, 6.45) is 6.38. The van der Waals surface area contributed by atoms with Gasteiger partial charge in [0, 0.05) is 35.6 Å². The number of pyridine rings is 2. The highest BCUT2D eigenvalue weighted by molar-refractivity contribution is 6.05. The molecule has 23 heavy (non-hydrogen) atoms. The number of nitrogens with zero attached hydrogens (tertiary/aromatic N) is 3. The molecule has 3 aromatic rings. The molecule has 4 aliphatic rings. The minimum atomic E-state index is 0.748. The number of hydrogen-bond acceptors (Lipinski definition) is 2. The van der Waals surface area contributed by atoms with Gasteiger partial charge in [-0.25, -0.2) is 9.97 Å². The summed E-state index contributed by atoms with van der Waals surface area (Å²) >= 11 is 0. The van der Waals surface area contributed by atoms with E-state index in [2.05, 4.69) is 34.8 Å². The minimum absolute atomic E-state index is 0.748. The van der Waals surface area contributed by atoms with Gasteiger partial charge in [-0.15, -0.1) is 0 Å². The van der Waals surface area contributed by atoms with Crippen molar-refractivity contribution in [1.29, 1.82) is 0 Å². The number of rotatable bonds is 1. The van der Waals surface area contributed by atoms with E-state index in [1.807, 2.05) is 12.3 Å². The molecule has 0 amide bonds. The summed E-state index contributed by atoms with van der Waals surface area (Å²) in [5.74, 6) is 4.86. The first-order valence-corrected chi connectivity index (χ1v) is 9.00. The van der Waals surface area contributed by atoms with Crippen molar-refractivity contribution in [1.82, 2.24) is 14.5 Å². The third kappa shape index (κ3) is 0.977. The summed E-state index contributed by atoms with van der Waals surface area (Å²) < 4.78 is 2.17. The number of fused-ring (bicyclic) bond motifs is 3. The van der Waals surface area contributed by atoms with E-state index in [1.165, 1.54) is 29.3 Å². The summed E-state index contributed by atoms with van der Waals surface area (Å²) in [6, 6.07) is 8.78. The fourth-order valence-electron chi connectivity index (χ4n) is 7.29. The fraction of sp³-hybridized carbons (Fsp3) is 0.500. The zero-order valence-electron chi connectivity index (χ0n) is 13.2. The van der Waals surface area contributed by atoms with E-state index in [0.29, 0.717) is 0 Å². The quantitative estimate of drug-likeness (QED) is 0.683. The van der Waals surface area contributed by atoms with Gasteiger partial charge in [0.2, 0.25) is 0 Å². The van der Waals surface area contributed by atoms with E-state index in [-0.39, 0.29) is 0 Å². The first-order valence-electron chi connectivity index (χ1n) is 9.00. The Labute approximate surface area is 134 Å². The van der Waals surface area contributed by atoms with Gasteiger partial charge in [-0.05, 0) is 72.6 Å². The maximum atomic E-state index is 5.13. The van der Waals surface area contributed by atoms with Gasteiger partial charge in [-0.2, -0.15) is 0 Å². The monoisotopic (exact) mass is 301 g/mol. The summed E-state index contributed by atoms with van der Waals surface area (Å²) in [5, 5.41) is 2.47. The highest BCUT2D eigenvalue weighted by atomic mass is 15.1. The van der Waals surface area contributed by atoms with Gasteiger partial charge in [-0.1, -0.05) is 0 Å². The molecule has 3 heterocycles. The molecule has 4 unspecified atom stereocenters. The molecule has 7 rings (SSSR count). The second-order valence-corrected chi connectivity index (χ2v) is 8.38. The molecule has 0 N–H and O–H groups in total. The number of hydrogen-bond donors (Lipinski definition) is 0. The Morgan fingerprint density at radius 1 is 1.00 bits per heavy atom. The fourth-order valence-corrected chi connectivity index (χ4v) is 7.29. The van der Waals surface area contributed by atoms with Gasteiger partial charge in [0.05, 0.1) is 0 Å². The van der Waals surface area contributed by atoms with Gasteiger partial charge < -0.3 is 4.57 Å². The lowest BCUT2D eigenvalue weighted by Crippen LogP contribution is -2.82. The lowest BCUT2D eigenvalue weighted by atomic mass is 9.15. The second-order valence-electron chi connectivity index (χ2n) is 8.38. The van der Waals surface area contributed by atoms with Crippen molar-refractivity contribution in [3.05, 3.63) is 36.2 Å². The predicted octanol–water partition coefficient (Wildman–Crippen LogP) is 3.88. The molecule has 4 fully saturated rings. The van der Waals surface area contributed by atoms with E-state index in [0.717, 1.165) is 46.3 Å². The van der Waals surface area contributed by atoms with Gasteiger partial charge >= 0.3 is 0 Å². The highest BCUT2D eigenvalue weighted by Gasteiger charge is 2.84. The average Bonchev–Trinajstić information content (AvgIpc) is 2.78. The smallest absolute Gasteiger partial charge is 0.142 e. The highest BCUT2D eigenvalue weighted by Crippen LogP contribution is 2.91. The van der Waals surface area contributed by atoms with E-state index in [1.54, 1.807) is 6.42 Å². The Morgan fingerprint density at radius 3 is 2.57 bits per heavy atom. The average molecular weight is 301 g/mol. The maximum absolute atomic E-state index is 5.13. The molecular weight excluding hydrogens is 282 g/mol. The maximum Gasteiger partial charge on any atom is 0.142 e. The Bertz CT molecular complexity index is 994. The predicted molar refractivity (Wildman–Crippen MR) is 89.0 cm³/mol. The van der Waals surface area contributed by atoms with Crippen LogP contribution in [0.1, 0.15) is 30.9 Å². The molecule has 0 bridgehead atoms. The summed E-state index contributed by atoms with van der Waals surface area (Å²) in [5.41, 5.74) is 4.33. The molecule has 0 radical (unpaired) electrons. The van der Waals surface area contributed by atoms with Crippen LogP contribution < -0.4 is 0 Å². The van der Waals surface area contributed by atoms with Crippen LogP contribution in [-0.4, -0.2) is 14.5 Å². The molecule has 3 nitrogen and oxygen atoms in total. The lowest BCUT2D eigenvalue weighted by molar-refractivity contribution is -0.390. The van der Waals surface area contributed by atoms with Crippen molar-refractivity contribution in [2.75, 3.05) is 0 Å². The van der Waals surface area contributed by atoms with Crippen LogP contribution in [0.3, 0.4) is 0 Å². The van der Waals surface area contributed by atoms with Crippen molar-refractivity contribution in [2.45, 2.75) is 25.2 Å². The van der Waals surface area contributed by atoms with Crippen LogP contribution in [0.5, 0.6) is 0 Å². The van der Waals surface area contributed by atoms with Gasteiger partial charge in [0.15, 0.2) is 0 Å². The van der Waals surface area contributed by atoms with Crippen LogP contribution in [0.15, 0.2) is 30.5 Å². The van der Waals surface area contributed by atoms with Crippen LogP contribution in [0.2, 0.25) is 0 Å². The van der Waals surface area contributed by atoms with Crippen LogP contribution in [0.25, 0.3) is 22.1 Å². The lowest BCUT2D eigenvalue weighted by Gasteiger charge is -2.88. The molecule has 114 valence electrons. The third-order valence-corrected chi connectivity index (χ3v) is 8.16. The first-order chi connectivity index (χ1) is 11.3. The Hall–Kier alpha value is -1.90. The second kappa shape index (κ2) is 3.31. The summed E-state index contributed by atoms with van der Waals surface area (Å²) in [4.78, 5) is 9.67. The van der Waals surface area contributed by atoms with E-state index >= 15 is 0 Å². The molecule has 0 aliphatic heterocycles. The van der Waals surface area contributed by atoms with Gasteiger partial charge in [-0.3, -0.25) is 0 Å².